The number of aliphatic carboxylic acids is 1. The van der Waals surface area contributed by atoms with Gasteiger partial charge in [-0.1, -0.05) is 0 Å². The van der Waals surface area contributed by atoms with Crippen LogP contribution in [0.2, 0.25) is 0 Å². The van der Waals surface area contributed by atoms with Crippen LogP contribution in [0.3, 0.4) is 0 Å². The molecule has 0 saturated heterocycles. The number of thiazole rings is 1. The van der Waals surface area contributed by atoms with Gasteiger partial charge in [0.05, 0.1) is 12.1 Å². The van der Waals surface area contributed by atoms with Gasteiger partial charge in [0.15, 0.2) is 5.82 Å². The van der Waals surface area contributed by atoms with E-state index < -0.39 is 5.97 Å². The van der Waals surface area contributed by atoms with Crippen LogP contribution in [0.5, 0.6) is 0 Å². The van der Waals surface area contributed by atoms with E-state index in [-0.39, 0.29) is 6.42 Å². The molecule has 16 heavy (non-hydrogen) atoms. The van der Waals surface area contributed by atoms with Gasteiger partial charge in [0.1, 0.15) is 0 Å². The second kappa shape index (κ2) is 3.55. The molecule has 5 nitrogen and oxygen atoms in total. The first-order chi connectivity index (χ1) is 7.74. The largest absolute Gasteiger partial charge is 0.481 e. The first-order valence-electron chi connectivity index (χ1n) is 5.29. The fourth-order valence-corrected chi connectivity index (χ4v) is 2.52. The lowest BCUT2D eigenvalue weighted by Gasteiger charge is -1.94. The standard InChI is InChI=1S/C10H11N3O2S/c14-8(15)4-3-7-5-16-10-11-9(6-1-2-6)12-13(7)10/h5-6H,1-4H2,(H,14,15). The molecule has 2 aromatic heterocycles. The lowest BCUT2D eigenvalue weighted by atomic mass is 10.2. The number of carboxylic acid groups (broad SMARTS) is 1. The Labute approximate surface area is 95.7 Å². The van der Waals surface area contributed by atoms with Crippen LogP contribution in [-0.2, 0) is 11.2 Å². The van der Waals surface area contributed by atoms with Crippen LogP contribution < -0.4 is 0 Å². The summed E-state index contributed by atoms with van der Waals surface area (Å²) < 4.78 is 1.79. The summed E-state index contributed by atoms with van der Waals surface area (Å²) in [5.41, 5.74) is 0.946. The molecule has 1 saturated carbocycles. The van der Waals surface area contributed by atoms with Crippen LogP contribution in [0.25, 0.3) is 4.96 Å². The molecule has 0 atom stereocenters. The molecule has 0 amide bonds. The fraction of sp³-hybridized carbons (Fsp3) is 0.500. The van der Waals surface area contributed by atoms with Crippen molar-refractivity contribution in [2.75, 3.05) is 0 Å². The number of hydrogen-bond donors (Lipinski definition) is 1. The Morgan fingerprint density at radius 2 is 2.44 bits per heavy atom. The van der Waals surface area contributed by atoms with Crippen LogP contribution in [0.15, 0.2) is 5.38 Å². The van der Waals surface area contributed by atoms with Gasteiger partial charge < -0.3 is 5.11 Å². The number of aromatic nitrogens is 3. The van der Waals surface area contributed by atoms with Crippen molar-refractivity contribution < 1.29 is 9.90 Å². The zero-order chi connectivity index (χ0) is 11.1. The van der Waals surface area contributed by atoms with E-state index in [0.717, 1.165) is 16.5 Å². The Kier molecular flexibility index (Phi) is 2.17. The van der Waals surface area contributed by atoms with E-state index in [1.165, 1.54) is 24.2 Å². The van der Waals surface area contributed by atoms with Crippen molar-refractivity contribution in [3.8, 4) is 0 Å². The van der Waals surface area contributed by atoms with Crippen molar-refractivity contribution in [3.63, 3.8) is 0 Å². The molecule has 0 radical (unpaired) electrons. The quantitative estimate of drug-likeness (QED) is 0.878. The fourth-order valence-electron chi connectivity index (χ4n) is 1.66. The van der Waals surface area contributed by atoms with E-state index in [1.54, 1.807) is 4.52 Å². The average Bonchev–Trinajstić information content (AvgIpc) is 2.89. The molecular formula is C10H11N3O2S. The van der Waals surface area contributed by atoms with Crippen molar-refractivity contribution >= 4 is 22.3 Å². The lowest BCUT2D eigenvalue weighted by Crippen LogP contribution is -2.00. The van der Waals surface area contributed by atoms with Crippen molar-refractivity contribution in [1.29, 1.82) is 0 Å². The van der Waals surface area contributed by atoms with Crippen molar-refractivity contribution in [1.82, 2.24) is 14.6 Å². The Balaban J connectivity index is 1.89. The van der Waals surface area contributed by atoms with Crippen LogP contribution >= 0.6 is 11.3 Å². The van der Waals surface area contributed by atoms with Gasteiger partial charge in [-0.25, -0.2) is 9.50 Å². The molecule has 0 aromatic carbocycles. The van der Waals surface area contributed by atoms with Crippen LogP contribution in [0, 0.1) is 0 Å². The number of carboxylic acids is 1. The molecule has 0 unspecified atom stereocenters. The Morgan fingerprint density at radius 1 is 1.62 bits per heavy atom. The third kappa shape index (κ3) is 1.69. The van der Waals surface area contributed by atoms with E-state index in [2.05, 4.69) is 10.1 Å². The maximum absolute atomic E-state index is 10.5. The summed E-state index contributed by atoms with van der Waals surface area (Å²) in [6.07, 6.45) is 3.03. The van der Waals surface area contributed by atoms with Gasteiger partial charge >= 0.3 is 5.97 Å². The molecule has 6 heteroatoms. The number of carbonyl (C=O) groups is 1. The van der Waals surface area contributed by atoms with Crippen LogP contribution in [0.1, 0.15) is 36.7 Å². The van der Waals surface area contributed by atoms with Gasteiger partial charge in [-0.15, -0.1) is 11.3 Å². The topological polar surface area (TPSA) is 67.5 Å². The molecule has 1 aliphatic rings. The highest BCUT2D eigenvalue weighted by molar-refractivity contribution is 7.15. The predicted molar refractivity (Wildman–Crippen MR) is 58.8 cm³/mol. The van der Waals surface area contributed by atoms with E-state index >= 15 is 0 Å². The normalized spacial score (nSPS) is 15.8. The summed E-state index contributed by atoms with van der Waals surface area (Å²) in [6.45, 7) is 0. The van der Waals surface area contributed by atoms with Gasteiger partial charge in [-0.3, -0.25) is 4.79 Å². The predicted octanol–water partition coefficient (Wildman–Crippen LogP) is 1.69. The van der Waals surface area contributed by atoms with Gasteiger partial charge in [-0.2, -0.15) is 5.10 Å². The highest BCUT2D eigenvalue weighted by atomic mass is 32.1. The minimum Gasteiger partial charge on any atom is -0.481 e. The SMILES string of the molecule is O=C(O)CCc1csc2nc(C3CC3)nn12. The summed E-state index contributed by atoms with van der Waals surface area (Å²) >= 11 is 1.53. The molecule has 2 aromatic rings. The third-order valence-electron chi connectivity index (χ3n) is 2.70. The van der Waals surface area contributed by atoms with E-state index in [4.69, 9.17) is 5.11 Å². The van der Waals surface area contributed by atoms with Crippen LogP contribution in [-0.4, -0.2) is 25.7 Å². The van der Waals surface area contributed by atoms with Crippen LogP contribution in [0.4, 0.5) is 0 Å². The molecule has 0 bridgehead atoms. The second-order valence-electron chi connectivity index (χ2n) is 4.06. The van der Waals surface area contributed by atoms with E-state index in [0.29, 0.717) is 12.3 Å². The highest BCUT2D eigenvalue weighted by Gasteiger charge is 2.28. The Bertz CT molecular complexity index is 541. The number of aryl methyl sites for hydroxylation is 1. The summed E-state index contributed by atoms with van der Waals surface area (Å²) in [6, 6.07) is 0. The molecule has 0 aliphatic heterocycles. The number of hydrogen-bond acceptors (Lipinski definition) is 4. The monoisotopic (exact) mass is 237 g/mol. The second-order valence-corrected chi connectivity index (χ2v) is 4.90. The molecule has 1 N–H and O–H groups in total. The minimum atomic E-state index is -0.776. The summed E-state index contributed by atoms with van der Waals surface area (Å²) in [4.78, 5) is 15.8. The van der Waals surface area contributed by atoms with Crippen molar-refractivity contribution in [3.05, 3.63) is 16.9 Å². The molecule has 1 fully saturated rings. The van der Waals surface area contributed by atoms with E-state index in [1.807, 2.05) is 5.38 Å². The van der Waals surface area contributed by atoms with Crippen molar-refractivity contribution in [2.24, 2.45) is 0 Å². The summed E-state index contributed by atoms with van der Waals surface area (Å²) in [5.74, 6) is 0.685. The molecular weight excluding hydrogens is 226 g/mol. The molecule has 3 rings (SSSR count). The number of nitrogens with zero attached hydrogens (tertiary/aromatic N) is 3. The molecule has 1 aliphatic carbocycles. The van der Waals surface area contributed by atoms with Crippen molar-refractivity contribution in [2.45, 2.75) is 31.6 Å². The molecule has 84 valence electrons. The first kappa shape index (κ1) is 9.77. The zero-order valence-corrected chi connectivity index (χ0v) is 9.40. The minimum absolute atomic E-state index is 0.143. The van der Waals surface area contributed by atoms with Gasteiger partial charge in [-0.05, 0) is 12.8 Å². The highest BCUT2D eigenvalue weighted by Crippen LogP contribution is 2.38. The number of rotatable bonds is 4. The van der Waals surface area contributed by atoms with Gasteiger partial charge in [0.2, 0.25) is 4.96 Å². The summed E-state index contributed by atoms with van der Waals surface area (Å²) in [5, 5.41) is 15.0. The average molecular weight is 237 g/mol. The maximum atomic E-state index is 10.5. The lowest BCUT2D eigenvalue weighted by molar-refractivity contribution is -0.136. The summed E-state index contributed by atoms with van der Waals surface area (Å²) in [7, 11) is 0. The smallest absolute Gasteiger partial charge is 0.303 e. The Hall–Kier alpha value is -1.43. The van der Waals surface area contributed by atoms with E-state index in [9.17, 15) is 4.79 Å². The maximum Gasteiger partial charge on any atom is 0.303 e. The van der Waals surface area contributed by atoms with Gasteiger partial charge in [0, 0.05) is 17.7 Å². The Morgan fingerprint density at radius 3 is 3.12 bits per heavy atom. The third-order valence-corrected chi connectivity index (χ3v) is 3.57. The van der Waals surface area contributed by atoms with Gasteiger partial charge in [0.25, 0.3) is 0 Å². The molecule has 0 spiro atoms. The molecule has 2 heterocycles. The first-order valence-corrected chi connectivity index (χ1v) is 6.17. The zero-order valence-electron chi connectivity index (χ0n) is 8.59. The number of fused-ring (bicyclic) bond motifs is 1.